The predicted molar refractivity (Wildman–Crippen MR) is 292 cm³/mol. The van der Waals surface area contributed by atoms with Gasteiger partial charge in [-0.1, -0.05) is 54.5 Å². The second kappa shape index (κ2) is 32.2. The second-order valence-corrected chi connectivity index (χ2v) is 20.9. The zero-order chi connectivity index (χ0) is 57.5. The van der Waals surface area contributed by atoms with E-state index in [0.29, 0.717) is 70.5 Å². The van der Waals surface area contributed by atoms with Crippen LogP contribution in [0.4, 0.5) is 15.3 Å². The molecule has 0 radical (unpaired) electrons. The van der Waals surface area contributed by atoms with E-state index in [-0.39, 0.29) is 68.4 Å². The largest absolute Gasteiger partial charge is 0.495 e. The smallest absolute Gasteiger partial charge is 0.409 e. The molecule has 5 rings (SSSR count). The fourth-order valence-corrected chi connectivity index (χ4v) is 9.85. The number of alkyl carbamates (subject to hydrolysis) is 2. The minimum absolute atomic E-state index is 0.0140. The molecule has 442 valence electrons. The van der Waals surface area contributed by atoms with Crippen LogP contribution in [0, 0.1) is 5.92 Å². The maximum atomic E-state index is 14.3. The first-order valence-electron chi connectivity index (χ1n) is 27.3. The van der Waals surface area contributed by atoms with Gasteiger partial charge in [0.05, 0.1) is 78.2 Å². The van der Waals surface area contributed by atoms with Gasteiger partial charge in [0, 0.05) is 59.5 Å². The van der Waals surface area contributed by atoms with Gasteiger partial charge in [-0.3, -0.25) is 19.7 Å². The number of rotatable bonds is 25. The normalized spacial score (nSPS) is 27.2. The highest BCUT2D eigenvalue weighted by molar-refractivity contribution is 6.35. The Bertz CT molecular complexity index is 2290. The van der Waals surface area contributed by atoms with Crippen molar-refractivity contribution in [2.75, 3.05) is 99.2 Å². The molecular formula is C56H84ClN5O17. The highest BCUT2D eigenvalue weighted by atomic mass is 35.5. The summed E-state index contributed by atoms with van der Waals surface area (Å²) in [6.07, 6.45) is 9.43. The molecule has 0 spiro atoms. The number of ether oxygens (including phenoxy) is 10. The number of fused-ring (bicyclic) bond motifs is 5. The minimum Gasteiger partial charge on any atom is -0.495 e. The van der Waals surface area contributed by atoms with Crippen molar-refractivity contribution in [2.45, 2.75) is 146 Å². The van der Waals surface area contributed by atoms with Gasteiger partial charge >= 0.3 is 18.2 Å². The van der Waals surface area contributed by atoms with E-state index in [9.17, 15) is 33.9 Å². The molecule has 1 aromatic carbocycles. The van der Waals surface area contributed by atoms with Crippen molar-refractivity contribution in [3.63, 3.8) is 0 Å². The van der Waals surface area contributed by atoms with Crippen LogP contribution >= 0.6 is 11.6 Å². The van der Waals surface area contributed by atoms with Gasteiger partial charge < -0.3 is 72.9 Å². The number of allylic oxidation sites excluding steroid dienone is 5. The van der Waals surface area contributed by atoms with Gasteiger partial charge in [-0.2, -0.15) is 0 Å². The number of anilines is 1. The SMILES string of the molecule is COc1cc2cc(c1Cl)N(C)C(=O)C[C@H](OC(=O)[C@H](C)N(C)C(=O)CCCNC(=O)CCOCCOCCOCCOCCNC(=O)OC1CC/C=C/CCC1)[C@]1(C)O[C@H]1[C@H](C)[C@@H]1C[C@@](O)(NC(=O)O1)[C@H](OC)/C=C/C=C(\C)C2. The van der Waals surface area contributed by atoms with Crippen molar-refractivity contribution < 1.29 is 81.2 Å². The van der Waals surface area contributed by atoms with E-state index in [1.165, 1.54) is 38.0 Å². The number of esters is 1. The minimum atomic E-state index is -1.87. The summed E-state index contributed by atoms with van der Waals surface area (Å²) >= 11 is 6.81. The number of nitrogens with one attached hydrogen (secondary N) is 3. The molecule has 9 atom stereocenters. The summed E-state index contributed by atoms with van der Waals surface area (Å²) in [5.74, 6) is -2.14. The summed E-state index contributed by atoms with van der Waals surface area (Å²) in [6, 6.07) is 2.46. The topological polar surface area (TPSA) is 261 Å². The zero-order valence-corrected chi connectivity index (χ0v) is 47.9. The molecule has 5 amide bonds. The third-order valence-corrected chi connectivity index (χ3v) is 14.9. The van der Waals surface area contributed by atoms with Crippen molar-refractivity contribution in [1.29, 1.82) is 0 Å². The molecule has 0 aromatic heterocycles. The van der Waals surface area contributed by atoms with Crippen LogP contribution in [-0.4, -0.2) is 188 Å². The number of carbonyl (C=O) groups excluding carboxylic acids is 6. The lowest BCUT2D eigenvalue weighted by molar-refractivity contribution is -0.162. The maximum Gasteiger partial charge on any atom is 0.409 e. The average molecular weight is 1130 g/mol. The molecule has 3 heterocycles. The van der Waals surface area contributed by atoms with Gasteiger partial charge in [0.1, 0.15) is 46.8 Å². The first kappa shape index (κ1) is 64.5. The molecule has 2 fully saturated rings. The number of epoxide rings is 1. The Kier molecular flexibility index (Phi) is 26.3. The number of amides is 5. The van der Waals surface area contributed by atoms with Crippen molar-refractivity contribution in [3.05, 3.63) is 58.7 Å². The molecule has 22 nitrogen and oxygen atoms in total. The Labute approximate surface area is 469 Å². The Hall–Kier alpha value is -5.33. The Morgan fingerprint density at radius 3 is 2.32 bits per heavy atom. The van der Waals surface area contributed by atoms with Crippen LogP contribution in [0.3, 0.4) is 0 Å². The fraction of sp³-hybridized carbons (Fsp3) is 0.679. The number of nitrogens with zero attached hydrogens (tertiary/aromatic N) is 2. The highest BCUT2D eigenvalue weighted by Crippen LogP contribution is 2.49. The van der Waals surface area contributed by atoms with Gasteiger partial charge in [-0.05, 0) is 83.4 Å². The van der Waals surface area contributed by atoms with Gasteiger partial charge in [-0.25, -0.2) is 14.4 Å². The van der Waals surface area contributed by atoms with Crippen molar-refractivity contribution in [3.8, 4) is 5.75 Å². The monoisotopic (exact) mass is 1130 g/mol. The maximum absolute atomic E-state index is 14.3. The van der Waals surface area contributed by atoms with Crippen molar-refractivity contribution >= 4 is 53.2 Å². The third-order valence-electron chi connectivity index (χ3n) is 14.5. The van der Waals surface area contributed by atoms with E-state index in [4.69, 9.17) is 59.0 Å². The fourth-order valence-electron chi connectivity index (χ4n) is 9.54. The van der Waals surface area contributed by atoms with Gasteiger partial charge in [0.15, 0.2) is 5.72 Å². The van der Waals surface area contributed by atoms with Crippen LogP contribution in [0.2, 0.25) is 5.02 Å². The molecule has 1 unspecified atom stereocenters. The first-order valence-corrected chi connectivity index (χ1v) is 27.7. The molecule has 79 heavy (non-hydrogen) atoms. The molecule has 4 aliphatic rings. The number of hydrogen-bond donors (Lipinski definition) is 4. The van der Waals surface area contributed by atoms with Crippen LogP contribution in [0.15, 0.2) is 48.1 Å². The Morgan fingerprint density at radius 2 is 1.62 bits per heavy atom. The van der Waals surface area contributed by atoms with Crippen LogP contribution in [-0.2, 0) is 68.2 Å². The summed E-state index contributed by atoms with van der Waals surface area (Å²) in [5, 5.41) is 20.0. The molecule has 1 aromatic rings. The quantitative estimate of drug-likeness (QED) is 0.0311. The summed E-state index contributed by atoms with van der Waals surface area (Å²) in [6.45, 7) is 10.1. The number of carbonyl (C=O) groups is 6. The molecular weight excluding hydrogens is 1050 g/mol. The number of likely N-dealkylation sites (N-methyl/N-ethyl adjacent to an activating group) is 1. The second-order valence-electron chi connectivity index (χ2n) is 20.5. The molecule has 1 aliphatic carbocycles. The summed E-state index contributed by atoms with van der Waals surface area (Å²) in [5.41, 5.74) is -1.12. The van der Waals surface area contributed by atoms with E-state index in [2.05, 4.69) is 28.1 Å². The molecule has 4 bridgehead atoms. The van der Waals surface area contributed by atoms with E-state index in [0.717, 1.165) is 43.2 Å². The predicted octanol–water partition coefficient (Wildman–Crippen LogP) is 5.48. The molecule has 0 saturated carbocycles. The molecule has 23 heteroatoms. The highest BCUT2D eigenvalue weighted by Gasteiger charge is 2.64. The first-order chi connectivity index (χ1) is 37.8. The number of aliphatic hydroxyl groups is 1. The number of halogens is 1. The van der Waals surface area contributed by atoms with Crippen LogP contribution in [0.1, 0.15) is 97.5 Å². The van der Waals surface area contributed by atoms with Crippen LogP contribution in [0.25, 0.3) is 0 Å². The van der Waals surface area contributed by atoms with Crippen molar-refractivity contribution in [1.82, 2.24) is 20.9 Å². The van der Waals surface area contributed by atoms with Gasteiger partial charge in [0.25, 0.3) is 0 Å². The van der Waals surface area contributed by atoms with Crippen LogP contribution in [0.5, 0.6) is 5.75 Å². The molecule has 3 aliphatic heterocycles. The summed E-state index contributed by atoms with van der Waals surface area (Å²) in [4.78, 5) is 81.8. The van der Waals surface area contributed by atoms with Gasteiger partial charge in [0.2, 0.25) is 17.7 Å². The number of benzene rings is 1. The van der Waals surface area contributed by atoms with E-state index >= 15 is 0 Å². The number of methoxy groups -OCH3 is 2. The summed E-state index contributed by atoms with van der Waals surface area (Å²) in [7, 11) is 5.92. The molecule has 2 saturated heterocycles. The lowest BCUT2D eigenvalue weighted by atomic mass is 9.83. The van der Waals surface area contributed by atoms with Crippen molar-refractivity contribution in [2.24, 2.45) is 5.92 Å². The van der Waals surface area contributed by atoms with E-state index in [1.54, 1.807) is 45.2 Å². The van der Waals surface area contributed by atoms with E-state index < -0.39 is 71.8 Å². The van der Waals surface area contributed by atoms with Gasteiger partial charge in [-0.15, -0.1) is 0 Å². The van der Waals surface area contributed by atoms with E-state index in [1.807, 2.05) is 13.0 Å². The standard InChI is InChI=1S/C56H84ClN5O17/c1-37-16-14-19-45(71-8)56(69)36-44(77-54(68)60-56)38(2)51-55(4,79-51)46(35-49(65)62(6)42-33-40(32-37)34-43(70-7)50(42)57)78-52(66)39(3)61(5)48(64)20-15-22-58-47(63)21-24-72-26-28-74-30-31-75-29-27-73-25-23-59-53(67)76-41-17-12-10-9-11-13-18-41/h9-10,14,16,19,33-34,38-39,41,44-46,51,69H,11-13,15,17-18,20-32,35-36H2,1-8H3,(H,58,63)(H,59,67)(H,60,68)/b10-9+,19-14+,37-16+/t38-,39+,41?,44+,45-,46+,51+,55+,56+/m1/s1. The third kappa shape index (κ3) is 20.0. The average Bonchev–Trinajstić information content (AvgIpc) is 4.34. The Morgan fingerprint density at radius 1 is 0.937 bits per heavy atom. The molecule has 4 N–H and O–H groups in total. The zero-order valence-electron chi connectivity index (χ0n) is 47.2. The summed E-state index contributed by atoms with van der Waals surface area (Å²) < 4.78 is 57.0. The lowest BCUT2D eigenvalue weighted by Crippen LogP contribution is -2.63. The lowest BCUT2D eigenvalue weighted by Gasteiger charge is -2.42. The van der Waals surface area contributed by atoms with Crippen LogP contribution < -0.4 is 25.6 Å². The Balaban J connectivity index is 1.03. The number of hydrogen-bond acceptors (Lipinski definition) is 17.